The maximum absolute atomic E-state index is 12.6. The minimum Gasteiger partial charge on any atom is -0.420 e. The number of amides is 1. The van der Waals surface area contributed by atoms with Gasteiger partial charge in [-0.3, -0.25) is 4.79 Å². The summed E-state index contributed by atoms with van der Waals surface area (Å²) in [6.45, 7) is 5.96. The van der Waals surface area contributed by atoms with Gasteiger partial charge in [0.25, 0.3) is 11.8 Å². The molecule has 3 aromatic heterocycles. The highest BCUT2D eigenvalue weighted by atomic mass is 32.1. The Bertz CT molecular complexity index is 1090. The van der Waals surface area contributed by atoms with Crippen LogP contribution in [0.15, 0.2) is 40.9 Å². The van der Waals surface area contributed by atoms with Gasteiger partial charge in [-0.25, -0.2) is 0 Å². The average molecular weight is 366 g/mol. The molecular weight excluding hydrogens is 348 g/mol. The Morgan fingerprint density at radius 1 is 1.23 bits per heavy atom. The lowest BCUT2D eigenvalue weighted by Gasteiger charge is -2.04. The summed E-state index contributed by atoms with van der Waals surface area (Å²) in [7, 11) is 0. The van der Waals surface area contributed by atoms with Gasteiger partial charge in [0.05, 0.1) is 10.6 Å². The lowest BCUT2D eigenvalue weighted by atomic mass is 10.1. The molecule has 4 aromatic rings. The minimum atomic E-state index is -0.151. The summed E-state index contributed by atoms with van der Waals surface area (Å²) in [5.41, 5.74) is 2.30. The summed E-state index contributed by atoms with van der Waals surface area (Å²) in [5, 5.41) is 12.2. The Morgan fingerprint density at radius 2 is 2.08 bits per heavy atom. The van der Waals surface area contributed by atoms with Crippen molar-refractivity contribution in [2.75, 3.05) is 5.32 Å². The van der Waals surface area contributed by atoms with Crippen molar-refractivity contribution in [2.45, 2.75) is 26.7 Å². The smallest absolute Gasteiger partial charge is 0.257 e. The number of fused-ring (bicyclic) bond motifs is 1. The van der Waals surface area contributed by atoms with E-state index >= 15 is 0 Å². The number of nitrogens with one attached hydrogen (secondary N) is 2. The summed E-state index contributed by atoms with van der Waals surface area (Å²) in [4.78, 5) is 17.6. The zero-order valence-electron chi connectivity index (χ0n) is 14.7. The highest BCUT2D eigenvalue weighted by Gasteiger charge is 2.17. The number of benzene rings is 1. The zero-order valence-corrected chi connectivity index (χ0v) is 15.5. The molecule has 0 aliphatic heterocycles. The molecule has 0 saturated carbocycles. The predicted octanol–water partition coefficient (Wildman–Crippen LogP) is 4.96. The number of aryl methyl sites for hydroxylation is 1. The molecule has 0 spiro atoms. The molecule has 0 radical (unpaired) electrons. The molecule has 2 N–H and O–H groups in total. The van der Waals surface area contributed by atoms with Crippen LogP contribution >= 0.6 is 11.3 Å². The summed E-state index contributed by atoms with van der Waals surface area (Å²) < 4.78 is 5.70. The molecule has 0 bridgehead atoms. The van der Waals surface area contributed by atoms with Crippen molar-refractivity contribution < 1.29 is 9.21 Å². The van der Waals surface area contributed by atoms with Crippen molar-refractivity contribution in [1.82, 2.24) is 15.2 Å². The minimum absolute atomic E-state index is 0.151. The molecule has 6 nitrogen and oxygen atoms in total. The second kappa shape index (κ2) is 6.42. The van der Waals surface area contributed by atoms with Crippen LogP contribution in [0.5, 0.6) is 0 Å². The van der Waals surface area contributed by atoms with Gasteiger partial charge in [-0.2, -0.15) is 0 Å². The Kier molecular flexibility index (Phi) is 4.08. The molecule has 26 heavy (non-hydrogen) atoms. The standard InChI is InChI=1S/C19H18N4O2S/c1-10(2)18-22-23-19(25-18)16-9-14(11(3)26-16)21-17(24)13-5-4-12-6-7-20-15(12)8-13/h4-10,20H,1-3H3,(H,21,24). The van der Waals surface area contributed by atoms with Gasteiger partial charge in [-0.1, -0.05) is 19.9 Å². The van der Waals surface area contributed by atoms with E-state index in [1.54, 1.807) is 0 Å². The molecule has 1 amide bonds. The molecule has 4 rings (SSSR count). The maximum atomic E-state index is 12.6. The normalized spacial score (nSPS) is 11.4. The van der Waals surface area contributed by atoms with E-state index in [2.05, 4.69) is 20.5 Å². The number of carbonyl (C=O) groups excluding carboxylic acids is 1. The molecule has 0 aliphatic carbocycles. The molecule has 0 fully saturated rings. The van der Waals surface area contributed by atoms with Gasteiger partial charge >= 0.3 is 0 Å². The molecule has 0 unspecified atom stereocenters. The van der Waals surface area contributed by atoms with Gasteiger partial charge in [0.1, 0.15) is 0 Å². The number of anilines is 1. The van der Waals surface area contributed by atoms with E-state index in [0.29, 0.717) is 17.3 Å². The largest absolute Gasteiger partial charge is 0.420 e. The first-order valence-corrected chi connectivity index (χ1v) is 9.15. The monoisotopic (exact) mass is 366 g/mol. The van der Waals surface area contributed by atoms with Crippen molar-refractivity contribution in [3.8, 4) is 10.8 Å². The third-order valence-electron chi connectivity index (χ3n) is 4.13. The van der Waals surface area contributed by atoms with E-state index in [1.807, 2.05) is 57.3 Å². The van der Waals surface area contributed by atoms with Gasteiger partial charge in [-0.05, 0) is 36.6 Å². The Morgan fingerprint density at radius 3 is 2.85 bits per heavy atom. The predicted molar refractivity (Wildman–Crippen MR) is 103 cm³/mol. The molecule has 0 atom stereocenters. The van der Waals surface area contributed by atoms with Crippen molar-refractivity contribution in [1.29, 1.82) is 0 Å². The number of H-pyrrole nitrogens is 1. The second-order valence-corrected chi connectivity index (χ2v) is 7.67. The van der Waals surface area contributed by atoms with Gasteiger partial charge in [0.2, 0.25) is 5.89 Å². The molecule has 0 aliphatic rings. The molecule has 132 valence electrons. The summed E-state index contributed by atoms with van der Waals surface area (Å²) >= 11 is 1.52. The van der Waals surface area contributed by atoms with E-state index in [9.17, 15) is 4.79 Å². The number of aromatic amines is 1. The van der Waals surface area contributed by atoms with Crippen molar-refractivity contribution in [3.05, 3.63) is 52.9 Å². The number of hydrogen-bond donors (Lipinski definition) is 2. The first-order valence-electron chi connectivity index (χ1n) is 8.34. The zero-order chi connectivity index (χ0) is 18.3. The van der Waals surface area contributed by atoms with Gasteiger partial charge in [0.15, 0.2) is 0 Å². The fraction of sp³-hybridized carbons (Fsp3) is 0.211. The highest BCUT2D eigenvalue weighted by molar-refractivity contribution is 7.15. The first kappa shape index (κ1) is 16.5. The number of carbonyl (C=O) groups is 1. The van der Waals surface area contributed by atoms with E-state index in [-0.39, 0.29) is 11.8 Å². The highest BCUT2D eigenvalue weighted by Crippen LogP contribution is 2.34. The third-order valence-corrected chi connectivity index (χ3v) is 5.17. The van der Waals surface area contributed by atoms with Crippen LogP contribution in [-0.2, 0) is 0 Å². The Balaban J connectivity index is 1.57. The van der Waals surface area contributed by atoms with Crippen molar-refractivity contribution >= 4 is 33.8 Å². The van der Waals surface area contributed by atoms with Crippen LogP contribution in [0.4, 0.5) is 5.69 Å². The number of nitrogens with zero attached hydrogens (tertiary/aromatic N) is 2. The number of aromatic nitrogens is 3. The molecule has 3 heterocycles. The number of hydrogen-bond acceptors (Lipinski definition) is 5. The summed E-state index contributed by atoms with van der Waals surface area (Å²) in [6.07, 6.45) is 1.86. The van der Waals surface area contributed by atoms with Crippen LogP contribution in [0.25, 0.3) is 21.7 Å². The van der Waals surface area contributed by atoms with Crippen molar-refractivity contribution in [3.63, 3.8) is 0 Å². The van der Waals surface area contributed by atoms with E-state index < -0.39 is 0 Å². The second-order valence-electron chi connectivity index (χ2n) is 6.41. The van der Waals surface area contributed by atoms with Crippen LogP contribution in [0.3, 0.4) is 0 Å². The number of thiophene rings is 1. The average Bonchev–Trinajstić information content (AvgIpc) is 3.33. The van der Waals surface area contributed by atoms with Crippen LogP contribution in [-0.4, -0.2) is 21.1 Å². The lowest BCUT2D eigenvalue weighted by Crippen LogP contribution is -2.11. The Labute approximate surface area is 154 Å². The SMILES string of the molecule is Cc1sc(-c2nnc(C(C)C)o2)cc1NC(=O)c1ccc2cc[nH]c2c1. The summed E-state index contributed by atoms with van der Waals surface area (Å²) in [5.74, 6) is 1.12. The van der Waals surface area contributed by atoms with Crippen molar-refractivity contribution in [2.24, 2.45) is 0 Å². The molecule has 7 heteroatoms. The summed E-state index contributed by atoms with van der Waals surface area (Å²) in [6, 6.07) is 9.45. The van der Waals surface area contributed by atoms with E-state index in [4.69, 9.17) is 4.42 Å². The fourth-order valence-corrected chi connectivity index (χ4v) is 3.56. The van der Waals surface area contributed by atoms with Crippen LogP contribution < -0.4 is 5.32 Å². The molecular formula is C19H18N4O2S. The van der Waals surface area contributed by atoms with Gasteiger partial charge in [-0.15, -0.1) is 21.5 Å². The first-order chi connectivity index (χ1) is 12.5. The maximum Gasteiger partial charge on any atom is 0.257 e. The Hall–Kier alpha value is -2.93. The van der Waals surface area contributed by atoms with Crippen LogP contribution in [0.1, 0.15) is 40.9 Å². The van der Waals surface area contributed by atoms with Gasteiger partial charge in [0, 0.05) is 28.1 Å². The van der Waals surface area contributed by atoms with E-state index in [0.717, 1.165) is 26.3 Å². The van der Waals surface area contributed by atoms with Crippen LogP contribution in [0.2, 0.25) is 0 Å². The topological polar surface area (TPSA) is 83.8 Å². The molecule has 0 saturated heterocycles. The lowest BCUT2D eigenvalue weighted by molar-refractivity contribution is 0.102. The quantitative estimate of drug-likeness (QED) is 0.534. The van der Waals surface area contributed by atoms with Crippen LogP contribution in [0, 0.1) is 6.92 Å². The van der Waals surface area contributed by atoms with E-state index in [1.165, 1.54) is 11.3 Å². The number of rotatable bonds is 4. The fourth-order valence-electron chi connectivity index (χ4n) is 2.66. The molecule has 1 aromatic carbocycles. The van der Waals surface area contributed by atoms with Gasteiger partial charge < -0.3 is 14.7 Å². The third kappa shape index (κ3) is 3.01.